The number of pyridine rings is 2. The van der Waals surface area contributed by atoms with Gasteiger partial charge in [0.15, 0.2) is 11.7 Å². The highest BCUT2D eigenvalue weighted by Crippen LogP contribution is 2.23. The summed E-state index contributed by atoms with van der Waals surface area (Å²) in [5, 5.41) is 12.6. The highest BCUT2D eigenvalue weighted by molar-refractivity contribution is 6.19. The maximum absolute atomic E-state index is 13.0. The molecule has 0 aliphatic rings. The molecule has 128 valence electrons. The molecule has 1 atom stereocenters. The topological polar surface area (TPSA) is 95.7 Å². The van der Waals surface area contributed by atoms with Gasteiger partial charge in [-0.05, 0) is 44.2 Å². The predicted molar refractivity (Wildman–Crippen MR) is 97.5 cm³/mol. The molecule has 0 radical (unpaired) electrons. The lowest BCUT2D eigenvalue weighted by Crippen LogP contribution is -2.29. The van der Waals surface area contributed by atoms with E-state index in [2.05, 4.69) is 15.3 Å². The van der Waals surface area contributed by atoms with Crippen molar-refractivity contribution in [2.45, 2.75) is 13.8 Å². The molecule has 26 heavy (non-hydrogen) atoms. The van der Waals surface area contributed by atoms with Gasteiger partial charge in [0.1, 0.15) is 5.82 Å². The highest BCUT2D eigenvalue weighted by atomic mass is 16.2. The van der Waals surface area contributed by atoms with Gasteiger partial charge < -0.3 is 5.32 Å². The van der Waals surface area contributed by atoms with Crippen molar-refractivity contribution in [2.24, 2.45) is 5.92 Å². The number of fused-ring (bicyclic) bond motifs is 1. The van der Waals surface area contributed by atoms with E-state index >= 15 is 0 Å². The van der Waals surface area contributed by atoms with Crippen LogP contribution >= 0.6 is 0 Å². The lowest BCUT2D eigenvalue weighted by atomic mass is 9.94. The predicted octanol–water partition coefficient (Wildman–Crippen LogP) is 3.21. The van der Waals surface area contributed by atoms with Gasteiger partial charge in [-0.3, -0.25) is 14.6 Å². The Kier molecular flexibility index (Phi) is 4.72. The fourth-order valence-electron chi connectivity index (χ4n) is 2.70. The fraction of sp³-hybridized carbons (Fsp3) is 0.150. The minimum atomic E-state index is -1.47. The molecule has 2 aromatic heterocycles. The van der Waals surface area contributed by atoms with Crippen molar-refractivity contribution in [3.63, 3.8) is 0 Å². The molecule has 0 aliphatic heterocycles. The second-order valence-corrected chi connectivity index (χ2v) is 5.96. The normalized spacial score (nSPS) is 11.6. The first-order chi connectivity index (χ1) is 12.5. The standard InChI is InChI=1S/C20H16N4O2/c1-12-6-7-17-14(9-12)15(10-13(2)23-17)19(25)16(11-21)20(26)24-18-5-3-4-8-22-18/h3-10,16H,1-2H3,(H,22,24,26). The number of anilines is 1. The summed E-state index contributed by atoms with van der Waals surface area (Å²) in [6.07, 6.45) is 1.52. The third-order valence-corrected chi connectivity index (χ3v) is 3.93. The summed E-state index contributed by atoms with van der Waals surface area (Å²) >= 11 is 0. The van der Waals surface area contributed by atoms with E-state index in [1.165, 1.54) is 6.20 Å². The van der Waals surface area contributed by atoms with Crippen LogP contribution in [-0.4, -0.2) is 21.7 Å². The maximum atomic E-state index is 13.0. The molecule has 3 aromatic rings. The van der Waals surface area contributed by atoms with Crippen molar-refractivity contribution < 1.29 is 9.59 Å². The average molecular weight is 344 g/mol. The van der Waals surface area contributed by atoms with Gasteiger partial charge >= 0.3 is 0 Å². The average Bonchev–Trinajstić information content (AvgIpc) is 2.62. The summed E-state index contributed by atoms with van der Waals surface area (Å²) in [5.74, 6) is -2.44. The summed E-state index contributed by atoms with van der Waals surface area (Å²) in [7, 11) is 0. The minimum absolute atomic E-state index is 0.289. The van der Waals surface area contributed by atoms with Crippen LogP contribution in [0.5, 0.6) is 0 Å². The Morgan fingerprint density at radius 1 is 1.15 bits per heavy atom. The second-order valence-electron chi connectivity index (χ2n) is 5.96. The Morgan fingerprint density at radius 2 is 1.96 bits per heavy atom. The van der Waals surface area contributed by atoms with E-state index in [-0.39, 0.29) is 5.82 Å². The van der Waals surface area contributed by atoms with E-state index in [0.29, 0.717) is 22.2 Å². The molecule has 0 saturated carbocycles. The monoisotopic (exact) mass is 344 g/mol. The van der Waals surface area contributed by atoms with Gasteiger partial charge in [0.2, 0.25) is 0 Å². The van der Waals surface area contributed by atoms with Gasteiger partial charge in [0.05, 0.1) is 11.6 Å². The number of nitriles is 1. The van der Waals surface area contributed by atoms with Crippen LogP contribution in [0.3, 0.4) is 0 Å². The highest BCUT2D eigenvalue weighted by Gasteiger charge is 2.29. The smallest absolute Gasteiger partial charge is 0.250 e. The lowest BCUT2D eigenvalue weighted by Gasteiger charge is -2.12. The van der Waals surface area contributed by atoms with Crippen LogP contribution in [0.15, 0.2) is 48.7 Å². The van der Waals surface area contributed by atoms with E-state index in [0.717, 1.165) is 5.56 Å². The number of aryl methyl sites for hydroxylation is 2. The zero-order chi connectivity index (χ0) is 18.7. The summed E-state index contributed by atoms with van der Waals surface area (Å²) in [4.78, 5) is 33.8. The van der Waals surface area contributed by atoms with E-state index in [9.17, 15) is 14.9 Å². The molecule has 1 amide bonds. The number of carbonyl (C=O) groups is 2. The molecule has 0 saturated heterocycles. The minimum Gasteiger partial charge on any atom is -0.309 e. The number of benzene rings is 1. The largest absolute Gasteiger partial charge is 0.309 e. The molecule has 1 aromatic carbocycles. The summed E-state index contributed by atoms with van der Waals surface area (Å²) in [6.45, 7) is 3.68. The molecule has 6 nitrogen and oxygen atoms in total. The molecule has 0 spiro atoms. The number of hydrogen-bond donors (Lipinski definition) is 1. The van der Waals surface area contributed by atoms with E-state index < -0.39 is 17.6 Å². The Labute approximate surface area is 150 Å². The van der Waals surface area contributed by atoms with Gasteiger partial charge in [-0.25, -0.2) is 4.98 Å². The van der Waals surface area contributed by atoms with Crippen LogP contribution in [0, 0.1) is 31.1 Å². The van der Waals surface area contributed by atoms with Gasteiger partial charge in [-0.15, -0.1) is 0 Å². The van der Waals surface area contributed by atoms with Crippen molar-refractivity contribution in [2.75, 3.05) is 5.32 Å². The Morgan fingerprint density at radius 3 is 2.65 bits per heavy atom. The SMILES string of the molecule is Cc1ccc2nc(C)cc(C(=O)C(C#N)C(=O)Nc3ccccn3)c2c1. The molecule has 1 unspecified atom stereocenters. The zero-order valence-corrected chi connectivity index (χ0v) is 14.4. The lowest BCUT2D eigenvalue weighted by molar-refractivity contribution is -0.117. The van der Waals surface area contributed by atoms with E-state index in [1.54, 1.807) is 31.2 Å². The third kappa shape index (κ3) is 3.42. The summed E-state index contributed by atoms with van der Waals surface area (Å²) in [5.41, 5.74) is 2.58. The number of amides is 1. The molecule has 6 heteroatoms. The van der Waals surface area contributed by atoms with Gasteiger partial charge in [0.25, 0.3) is 5.91 Å². The van der Waals surface area contributed by atoms with Crippen molar-refractivity contribution in [1.29, 1.82) is 5.26 Å². The van der Waals surface area contributed by atoms with Crippen LogP contribution in [0.2, 0.25) is 0 Å². The molecule has 0 fully saturated rings. The molecular formula is C20H16N4O2. The maximum Gasteiger partial charge on any atom is 0.250 e. The quantitative estimate of drug-likeness (QED) is 0.579. The van der Waals surface area contributed by atoms with Gasteiger partial charge in [0, 0.05) is 22.8 Å². The van der Waals surface area contributed by atoms with Crippen molar-refractivity contribution in [3.8, 4) is 6.07 Å². The Bertz CT molecular complexity index is 1040. The number of rotatable bonds is 4. The zero-order valence-electron chi connectivity index (χ0n) is 14.4. The molecule has 0 bridgehead atoms. The first-order valence-electron chi connectivity index (χ1n) is 8.03. The van der Waals surface area contributed by atoms with E-state index in [4.69, 9.17) is 0 Å². The number of aromatic nitrogens is 2. The number of nitrogens with one attached hydrogen (secondary N) is 1. The van der Waals surface area contributed by atoms with Crippen LogP contribution in [0.25, 0.3) is 10.9 Å². The van der Waals surface area contributed by atoms with Crippen LogP contribution < -0.4 is 5.32 Å². The van der Waals surface area contributed by atoms with E-state index in [1.807, 2.05) is 31.2 Å². The first kappa shape index (κ1) is 17.2. The Balaban J connectivity index is 1.99. The molecule has 2 heterocycles. The third-order valence-electron chi connectivity index (χ3n) is 3.93. The summed E-state index contributed by atoms with van der Waals surface area (Å²) in [6, 6.07) is 14.0. The first-order valence-corrected chi connectivity index (χ1v) is 8.03. The van der Waals surface area contributed by atoms with Gasteiger partial charge in [-0.1, -0.05) is 17.7 Å². The number of hydrogen-bond acceptors (Lipinski definition) is 5. The number of carbonyl (C=O) groups excluding carboxylic acids is 2. The number of ketones is 1. The van der Waals surface area contributed by atoms with Crippen LogP contribution in [0.1, 0.15) is 21.6 Å². The fourth-order valence-corrected chi connectivity index (χ4v) is 2.70. The molecular weight excluding hydrogens is 328 g/mol. The van der Waals surface area contributed by atoms with Gasteiger partial charge in [-0.2, -0.15) is 5.26 Å². The van der Waals surface area contributed by atoms with Crippen molar-refractivity contribution in [3.05, 3.63) is 65.5 Å². The number of nitrogens with zero attached hydrogens (tertiary/aromatic N) is 3. The van der Waals surface area contributed by atoms with Crippen LogP contribution in [-0.2, 0) is 4.79 Å². The molecule has 0 aliphatic carbocycles. The van der Waals surface area contributed by atoms with Crippen LogP contribution in [0.4, 0.5) is 5.82 Å². The van der Waals surface area contributed by atoms with Crippen molar-refractivity contribution >= 4 is 28.4 Å². The van der Waals surface area contributed by atoms with Crippen molar-refractivity contribution in [1.82, 2.24) is 9.97 Å². The second kappa shape index (κ2) is 7.11. The number of Topliss-reactive ketones (excluding diaryl/α,β-unsaturated/α-hetero) is 1. The Hall–Kier alpha value is -3.59. The molecule has 3 rings (SSSR count). The summed E-state index contributed by atoms with van der Waals surface area (Å²) < 4.78 is 0. The molecule has 1 N–H and O–H groups in total.